The van der Waals surface area contributed by atoms with Crippen molar-refractivity contribution >= 4 is 5.78 Å². The number of carbonyl (C=O) groups is 1. The molecule has 0 saturated heterocycles. The third-order valence-corrected chi connectivity index (χ3v) is 2.80. The lowest BCUT2D eigenvalue weighted by molar-refractivity contribution is 0.101. The van der Waals surface area contributed by atoms with Crippen molar-refractivity contribution in [2.45, 2.75) is 20.4 Å². The van der Waals surface area contributed by atoms with Gasteiger partial charge in [-0.1, -0.05) is 18.2 Å². The molecule has 4 heteroatoms. The van der Waals surface area contributed by atoms with Gasteiger partial charge >= 0.3 is 0 Å². The second-order valence-electron chi connectivity index (χ2n) is 4.15. The molecule has 0 saturated carbocycles. The quantitative estimate of drug-likeness (QED) is 0.772. The van der Waals surface area contributed by atoms with Gasteiger partial charge in [-0.2, -0.15) is 10.4 Å². The second-order valence-corrected chi connectivity index (χ2v) is 4.15. The summed E-state index contributed by atoms with van der Waals surface area (Å²) in [4.78, 5) is 11.3. The maximum atomic E-state index is 11.3. The number of Topliss-reactive ketones (excluding diaryl/α,β-unsaturated/α-hetero) is 1. The Kier molecular flexibility index (Phi) is 3.24. The number of aryl methyl sites for hydroxylation is 1. The summed E-state index contributed by atoms with van der Waals surface area (Å²) in [6.07, 6.45) is 1.73. The Morgan fingerprint density at radius 1 is 1.44 bits per heavy atom. The van der Waals surface area contributed by atoms with E-state index >= 15 is 0 Å². The Hall–Kier alpha value is -2.41. The molecule has 2 rings (SSSR count). The summed E-state index contributed by atoms with van der Waals surface area (Å²) in [6.45, 7) is 3.83. The van der Waals surface area contributed by atoms with E-state index in [1.54, 1.807) is 16.9 Å². The molecule has 0 aliphatic carbocycles. The van der Waals surface area contributed by atoms with Crippen molar-refractivity contribution in [1.29, 1.82) is 5.26 Å². The summed E-state index contributed by atoms with van der Waals surface area (Å²) in [6, 6.07) is 9.54. The number of benzene rings is 1. The highest BCUT2D eigenvalue weighted by Crippen LogP contribution is 2.12. The van der Waals surface area contributed by atoms with Gasteiger partial charge < -0.3 is 0 Å². The molecule has 0 bridgehead atoms. The highest BCUT2D eigenvalue weighted by Gasteiger charge is 2.10. The van der Waals surface area contributed by atoms with Crippen molar-refractivity contribution in [3.63, 3.8) is 0 Å². The van der Waals surface area contributed by atoms with Crippen LogP contribution in [0.1, 0.15) is 34.1 Å². The summed E-state index contributed by atoms with van der Waals surface area (Å²) in [5.41, 5.74) is 2.88. The Bertz CT molecular complexity index is 635. The topological polar surface area (TPSA) is 58.7 Å². The molecule has 1 aromatic heterocycles. The molecule has 2 aromatic rings. The number of rotatable bonds is 3. The fourth-order valence-electron chi connectivity index (χ4n) is 1.89. The normalized spacial score (nSPS) is 10.1. The van der Waals surface area contributed by atoms with Gasteiger partial charge in [0.15, 0.2) is 5.78 Å². The lowest BCUT2D eigenvalue weighted by Gasteiger charge is -2.03. The first kappa shape index (κ1) is 12.1. The average molecular weight is 239 g/mol. The number of ketones is 1. The number of hydrogen-bond donors (Lipinski definition) is 0. The van der Waals surface area contributed by atoms with Crippen molar-refractivity contribution in [3.8, 4) is 6.07 Å². The van der Waals surface area contributed by atoms with E-state index in [0.29, 0.717) is 17.7 Å². The van der Waals surface area contributed by atoms with Gasteiger partial charge in [-0.05, 0) is 25.5 Å². The van der Waals surface area contributed by atoms with Crippen LogP contribution in [-0.2, 0) is 6.54 Å². The molecule has 0 spiro atoms. The van der Waals surface area contributed by atoms with E-state index in [9.17, 15) is 4.79 Å². The first-order valence-corrected chi connectivity index (χ1v) is 5.65. The van der Waals surface area contributed by atoms with Gasteiger partial charge in [-0.3, -0.25) is 9.48 Å². The van der Waals surface area contributed by atoms with Crippen LogP contribution < -0.4 is 0 Å². The molecule has 0 aliphatic rings. The number of aromatic nitrogens is 2. The van der Waals surface area contributed by atoms with Gasteiger partial charge in [-0.25, -0.2) is 0 Å². The van der Waals surface area contributed by atoms with Crippen LogP contribution in [0.25, 0.3) is 0 Å². The van der Waals surface area contributed by atoms with Gasteiger partial charge in [0.05, 0.1) is 29.4 Å². The molecule has 0 aliphatic heterocycles. The number of nitriles is 1. The van der Waals surface area contributed by atoms with E-state index < -0.39 is 0 Å². The summed E-state index contributed by atoms with van der Waals surface area (Å²) in [5.74, 6) is 0.00678. The molecule has 1 aromatic carbocycles. The zero-order chi connectivity index (χ0) is 13.1. The largest absolute Gasteiger partial charge is 0.294 e. The minimum Gasteiger partial charge on any atom is -0.294 e. The number of nitrogens with zero attached hydrogens (tertiary/aromatic N) is 3. The van der Waals surface area contributed by atoms with Gasteiger partial charge in [-0.15, -0.1) is 0 Å². The maximum Gasteiger partial charge on any atom is 0.163 e. The Morgan fingerprint density at radius 2 is 2.17 bits per heavy atom. The first-order valence-electron chi connectivity index (χ1n) is 5.65. The lowest BCUT2D eigenvalue weighted by Crippen LogP contribution is -2.02. The van der Waals surface area contributed by atoms with Gasteiger partial charge in [0, 0.05) is 6.20 Å². The third kappa shape index (κ3) is 2.30. The molecule has 90 valence electrons. The Balaban J connectivity index is 2.32. The van der Waals surface area contributed by atoms with E-state index in [4.69, 9.17) is 5.26 Å². The van der Waals surface area contributed by atoms with Crippen LogP contribution in [0.5, 0.6) is 0 Å². The monoisotopic (exact) mass is 239 g/mol. The molecule has 18 heavy (non-hydrogen) atoms. The maximum absolute atomic E-state index is 11.3. The van der Waals surface area contributed by atoms with Crippen molar-refractivity contribution in [2.24, 2.45) is 0 Å². The van der Waals surface area contributed by atoms with Crippen LogP contribution in [0.3, 0.4) is 0 Å². The van der Waals surface area contributed by atoms with E-state index in [-0.39, 0.29) is 5.78 Å². The molecule has 0 unspecified atom stereocenters. The zero-order valence-corrected chi connectivity index (χ0v) is 10.3. The minimum atomic E-state index is 0.00678. The first-order chi connectivity index (χ1) is 8.61. The van der Waals surface area contributed by atoms with Gasteiger partial charge in [0.1, 0.15) is 0 Å². The van der Waals surface area contributed by atoms with Crippen LogP contribution in [0.4, 0.5) is 0 Å². The summed E-state index contributed by atoms with van der Waals surface area (Å²) in [7, 11) is 0. The van der Waals surface area contributed by atoms with Crippen LogP contribution in [0.15, 0.2) is 30.5 Å². The van der Waals surface area contributed by atoms with Crippen LogP contribution in [-0.4, -0.2) is 15.6 Å². The highest BCUT2D eigenvalue weighted by molar-refractivity contribution is 5.94. The molecular formula is C14H13N3O. The van der Waals surface area contributed by atoms with E-state index in [2.05, 4.69) is 11.2 Å². The fraction of sp³-hybridized carbons (Fsp3) is 0.214. The van der Waals surface area contributed by atoms with Crippen molar-refractivity contribution < 1.29 is 4.79 Å². The van der Waals surface area contributed by atoms with E-state index in [1.165, 1.54) is 6.92 Å². The molecule has 0 atom stereocenters. The fourth-order valence-corrected chi connectivity index (χ4v) is 1.89. The SMILES string of the molecule is CC(=O)c1cn(Cc2ccccc2C#N)nc1C. The molecule has 0 radical (unpaired) electrons. The summed E-state index contributed by atoms with van der Waals surface area (Å²) < 4.78 is 1.70. The highest BCUT2D eigenvalue weighted by atomic mass is 16.1. The standard InChI is InChI=1S/C14H13N3O/c1-10-14(11(2)18)9-17(16-10)8-13-6-4-3-5-12(13)7-15/h3-6,9H,8H2,1-2H3. The predicted octanol–water partition coefficient (Wildman–Crippen LogP) is 2.31. The smallest absolute Gasteiger partial charge is 0.163 e. The number of hydrogen-bond acceptors (Lipinski definition) is 3. The average Bonchev–Trinajstić information content (AvgIpc) is 2.71. The third-order valence-electron chi connectivity index (χ3n) is 2.80. The molecule has 1 heterocycles. The summed E-state index contributed by atoms with van der Waals surface area (Å²) >= 11 is 0. The van der Waals surface area contributed by atoms with E-state index in [1.807, 2.05) is 25.1 Å². The lowest BCUT2D eigenvalue weighted by atomic mass is 10.1. The molecular weight excluding hydrogens is 226 g/mol. The van der Waals surface area contributed by atoms with Gasteiger partial charge in [0.25, 0.3) is 0 Å². The van der Waals surface area contributed by atoms with Crippen LogP contribution in [0.2, 0.25) is 0 Å². The van der Waals surface area contributed by atoms with Crippen molar-refractivity contribution in [1.82, 2.24) is 9.78 Å². The zero-order valence-electron chi connectivity index (χ0n) is 10.3. The second kappa shape index (κ2) is 4.84. The van der Waals surface area contributed by atoms with Crippen molar-refractivity contribution in [2.75, 3.05) is 0 Å². The van der Waals surface area contributed by atoms with Crippen molar-refractivity contribution in [3.05, 3.63) is 52.8 Å². The van der Waals surface area contributed by atoms with Crippen LogP contribution >= 0.6 is 0 Å². The van der Waals surface area contributed by atoms with E-state index in [0.717, 1.165) is 11.3 Å². The Labute approximate surface area is 105 Å². The molecule has 0 fully saturated rings. The Morgan fingerprint density at radius 3 is 2.78 bits per heavy atom. The van der Waals surface area contributed by atoms with Crippen LogP contribution in [0, 0.1) is 18.3 Å². The van der Waals surface area contributed by atoms with Gasteiger partial charge in [0.2, 0.25) is 0 Å². The molecule has 0 amide bonds. The summed E-state index contributed by atoms with van der Waals surface area (Å²) in [5, 5.41) is 13.3. The predicted molar refractivity (Wildman–Crippen MR) is 67.2 cm³/mol. The number of carbonyl (C=O) groups excluding carboxylic acids is 1. The molecule has 0 N–H and O–H groups in total. The minimum absolute atomic E-state index is 0.00678. The molecule has 4 nitrogen and oxygen atoms in total.